The minimum absolute atomic E-state index is 0.220. The maximum atomic E-state index is 13.8. The highest BCUT2D eigenvalue weighted by Gasteiger charge is 2.37. The predicted molar refractivity (Wildman–Crippen MR) is 70.4 cm³/mol. The standard InChI is InChI=1S/C13H18FNO3S/c1-19(17,18)12-4-2-11(3-5-12)8-15-7-6-13(14,9-15)10-16/h2-5,16H,6-10H2,1H3. The molecular formula is C13H18FNO3S. The summed E-state index contributed by atoms with van der Waals surface area (Å²) in [5.74, 6) is 0. The molecule has 2 rings (SSSR count). The van der Waals surface area contributed by atoms with Gasteiger partial charge in [-0.1, -0.05) is 12.1 Å². The van der Waals surface area contributed by atoms with Gasteiger partial charge in [-0.05, 0) is 24.1 Å². The van der Waals surface area contributed by atoms with Crippen molar-refractivity contribution in [3.63, 3.8) is 0 Å². The van der Waals surface area contributed by atoms with Crippen molar-refractivity contribution < 1.29 is 17.9 Å². The summed E-state index contributed by atoms with van der Waals surface area (Å²) in [5.41, 5.74) is -0.554. The summed E-state index contributed by atoms with van der Waals surface area (Å²) in [6.07, 6.45) is 1.51. The lowest BCUT2D eigenvalue weighted by atomic mass is 10.1. The number of nitrogens with zero attached hydrogens (tertiary/aromatic N) is 1. The Morgan fingerprint density at radius 3 is 2.47 bits per heavy atom. The molecule has 6 heteroatoms. The van der Waals surface area contributed by atoms with Crippen molar-refractivity contribution in [3.8, 4) is 0 Å². The summed E-state index contributed by atoms with van der Waals surface area (Å²) in [6.45, 7) is 0.939. The van der Waals surface area contributed by atoms with Crippen molar-refractivity contribution in [3.05, 3.63) is 29.8 Å². The summed E-state index contributed by atoms with van der Waals surface area (Å²) in [4.78, 5) is 2.21. The van der Waals surface area contributed by atoms with Crippen molar-refractivity contribution in [2.24, 2.45) is 0 Å². The molecule has 1 unspecified atom stereocenters. The quantitative estimate of drug-likeness (QED) is 0.897. The molecule has 1 fully saturated rings. The fourth-order valence-corrected chi connectivity index (χ4v) is 2.91. The monoisotopic (exact) mass is 287 g/mol. The van der Waals surface area contributed by atoms with Crippen LogP contribution in [0.15, 0.2) is 29.2 Å². The highest BCUT2D eigenvalue weighted by atomic mass is 32.2. The first-order valence-corrected chi connectivity index (χ1v) is 8.03. The summed E-state index contributed by atoms with van der Waals surface area (Å²) in [6, 6.07) is 6.62. The summed E-state index contributed by atoms with van der Waals surface area (Å²) in [7, 11) is -3.18. The van der Waals surface area contributed by atoms with Crippen LogP contribution < -0.4 is 0 Å². The fourth-order valence-electron chi connectivity index (χ4n) is 2.28. The minimum Gasteiger partial charge on any atom is -0.393 e. The number of rotatable bonds is 4. The molecule has 1 atom stereocenters. The number of halogens is 1. The van der Waals surface area contributed by atoms with Crippen LogP contribution in [0.5, 0.6) is 0 Å². The molecule has 1 aliphatic heterocycles. The van der Waals surface area contributed by atoms with E-state index in [9.17, 15) is 12.8 Å². The van der Waals surface area contributed by atoms with Crippen LogP contribution in [0.4, 0.5) is 4.39 Å². The second-order valence-electron chi connectivity index (χ2n) is 5.19. The van der Waals surface area contributed by atoms with Crippen LogP contribution in [0, 0.1) is 0 Å². The number of aliphatic hydroxyl groups excluding tert-OH is 1. The summed E-state index contributed by atoms with van der Waals surface area (Å²) >= 11 is 0. The van der Waals surface area contributed by atoms with Crippen molar-refractivity contribution in [2.45, 2.75) is 23.5 Å². The second-order valence-corrected chi connectivity index (χ2v) is 7.20. The van der Waals surface area contributed by atoms with Gasteiger partial charge in [0.2, 0.25) is 0 Å². The fraction of sp³-hybridized carbons (Fsp3) is 0.538. The van der Waals surface area contributed by atoms with Crippen molar-refractivity contribution >= 4 is 9.84 Å². The van der Waals surface area contributed by atoms with Gasteiger partial charge in [0.05, 0.1) is 11.5 Å². The molecule has 0 aromatic heterocycles. The lowest BCUT2D eigenvalue weighted by Gasteiger charge is -2.18. The Morgan fingerprint density at radius 2 is 2.00 bits per heavy atom. The van der Waals surface area contributed by atoms with E-state index in [4.69, 9.17) is 5.11 Å². The Labute approximate surface area is 112 Å². The molecule has 0 spiro atoms. The number of aliphatic hydroxyl groups is 1. The van der Waals surface area contributed by atoms with Gasteiger partial charge >= 0.3 is 0 Å². The molecule has 4 nitrogen and oxygen atoms in total. The van der Waals surface area contributed by atoms with E-state index in [1.54, 1.807) is 24.3 Å². The van der Waals surface area contributed by atoms with E-state index in [-0.39, 0.29) is 11.4 Å². The van der Waals surface area contributed by atoms with Crippen LogP contribution in [0.1, 0.15) is 12.0 Å². The van der Waals surface area contributed by atoms with Gasteiger partial charge in [-0.25, -0.2) is 12.8 Å². The van der Waals surface area contributed by atoms with E-state index < -0.39 is 22.1 Å². The zero-order chi connectivity index (χ0) is 14.1. The average molecular weight is 287 g/mol. The Bertz CT molecular complexity index is 544. The van der Waals surface area contributed by atoms with Gasteiger partial charge in [0.15, 0.2) is 9.84 Å². The third kappa shape index (κ3) is 3.52. The summed E-state index contributed by atoms with van der Waals surface area (Å²) in [5, 5.41) is 8.97. The lowest BCUT2D eigenvalue weighted by molar-refractivity contribution is 0.0769. The van der Waals surface area contributed by atoms with Crippen LogP contribution in [0.2, 0.25) is 0 Å². The summed E-state index contributed by atoms with van der Waals surface area (Å²) < 4.78 is 36.5. The van der Waals surface area contributed by atoms with Crippen molar-refractivity contribution in [1.29, 1.82) is 0 Å². The third-order valence-corrected chi connectivity index (χ3v) is 4.55. The molecule has 1 saturated heterocycles. The zero-order valence-corrected chi connectivity index (χ0v) is 11.7. The Kier molecular flexibility index (Phi) is 3.94. The van der Waals surface area contributed by atoms with Crippen molar-refractivity contribution in [1.82, 2.24) is 4.90 Å². The maximum Gasteiger partial charge on any atom is 0.175 e. The number of alkyl halides is 1. The Hall–Kier alpha value is -0.980. The van der Waals surface area contributed by atoms with Gasteiger partial charge in [0, 0.05) is 25.9 Å². The van der Waals surface area contributed by atoms with Crippen LogP contribution >= 0.6 is 0 Å². The molecule has 0 amide bonds. The normalized spacial score (nSPS) is 24.8. The molecule has 0 saturated carbocycles. The molecule has 0 aliphatic carbocycles. The van der Waals surface area contributed by atoms with Gasteiger partial charge in [-0.15, -0.1) is 0 Å². The molecule has 1 aromatic carbocycles. The Morgan fingerprint density at radius 1 is 1.37 bits per heavy atom. The topological polar surface area (TPSA) is 57.6 Å². The number of benzene rings is 1. The SMILES string of the molecule is CS(=O)(=O)c1ccc(CN2CCC(F)(CO)C2)cc1. The van der Waals surface area contributed by atoms with Crippen LogP contribution in [-0.4, -0.2) is 50.0 Å². The zero-order valence-electron chi connectivity index (χ0n) is 10.8. The number of likely N-dealkylation sites (tertiary alicyclic amines) is 1. The molecule has 106 valence electrons. The van der Waals surface area contributed by atoms with E-state index in [1.165, 1.54) is 6.26 Å². The van der Waals surface area contributed by atoms with E-state index in [2.05, 4.69) is 0 Å². The van der Waals surface area contributed by atoms with E-state index in [1.807, 2.05) is 4.90 Å². The first-order valence-electron chi connectivity index (χ1n) is 6.14. The number of hydrogen-bond acceptors (Lipinski definition) is 4. The first-order chi connectivity index (χ1) is 8.82. The first kappa shape index (κ1) is 14.4. The Balaban J connectivity index is 2.02. The largest absolute Gasteiger partial charge is 0.393 e. The molecule has 0 radical (unpaired) electrons. The minimum atomic E-state index is -3.18. The maximum absolute atomic E-state index is 13.8. The van der Waals surface area contributed by atoms with Crippen LogP contribution in [0.25, 0.3) is 0 Å². The highest BCUT2D eigenvalue weighted by Crippen LogP contribution is 2.26. The van der Waals surface area contributed by atoms with Gasteiger partial charge in [0.25, 0.3) is 0 Å². The van der Waals surface area contributed by atoms with Gasteiger partial charge in [-0.2, -0.15) is 0 Å². The third-order valence-electron chi connectivity index (χ3n) is 3.42. The molecular weight excluding hydrogens is 269 g/mol. The van der Waals surface area contributed by atoms with Gasteiger partial charge in [0.1, 0.15) is 5.67 Å². The van der Waals surface area contributed by atoms with Crippen LogP contribution in [-0.2, 0) is 16.4 Å². The number of sulfone groups is 1. The van der Waals surface area contributed by atoms with Crippen molar-refractivity contribution in [2.75, 3.05) is 26.0 Å². The number of hydrogen-bond donors (Lipinski definition) is 1. The van der Waals surface area contributed by atoms with E-state index in [0.29, 0.717) is 19.5 Å². The molecule has 19 heavy (non-hydrogen) atoms. The lowest BCUT2D eigenvalue weighted by Crippen LogP contribution is -2.32. The van der Waals surface area contributed by atoms with E-state index >= 15 is 0 Å². The van der Waals surface area contributed by atoms with Gasteiger partial charge in [-0.3, -0.25) is 4.90 Å². The highest BCUT2D eigenvalue weighted by molar-refractivity contribution is 7.90. The molecule has 0 bridgehead atoms. The molecule has 1 heterocycles. The smallest absolute Gasteiger partial charge is 0.175 e. The second kappa shape index (κ2) is 5.19. The molecule has 1 N–H and O–H groups in total. The van der Waals surface area contributed by atoms with Gasteiger partial charge < -0.3 is 5.11 Å². The predicted octanol–water partition coefficient (Wildman–Crippen LogP) is 0.996. The van der Waals surface area contributed by atoms with E-state index in [0.717, 1.165) is 5.56 Å². The molecule has 1 aromatic rings. The van der Waals surface area contributed by atoms with Crippen LogP contribution in [0.3, 0.4) is 0 Å². The average Bonchev–Trinajstić information content (AvgIpc) is 2.71. The molecule has 1 aliphatic rings.